The van der Waals surface area contributed by atoms with Gasteiger partial charge in [-0.15, -0.1) is 0 Å². The monoisotopic (exact) mass is 269 g/mol. The fourth-order valence-electron chi connectivity index (χ4n) is 2.73. The molecule has 4 nitrogen and oxygen atoms in total. The number of hydrogen-bond acceptors (Lipinski definition) is 2. The van der Waals surface area contributed by atoms with Gasteiger partial charge in [-0.3, -0.25) is 4.99 Å². The van der Waals surface area contributed by atoms with E-state index in [2.05, 4.69) is 30.7 Å². The molecule has 1 heterocycles. The zero-order valence-electron chi connectivity index (χ0n) is 12.9. The van der Waals surface area contributed by atoms with Crippen molar-refractivity contribution in [2.24, 2.45) is 22.1 Å². The number of aliphatic imine (C=N–C) groups is 1. The molecule has 0 aromatic heterocycles. The summed E-state index contributed by atoms with van der Waals surface area (Å²) in [6, 6.07) is 0. The Balaban J connectivity index is 2.57. The molecule has 0 spiro atoms. The first-order valence-electron chi connectivity index (χ1n) is 7.72. The minimum absolute atomic E-state index is 0.114. The Morgan fingerprint density at radius 1 is 1.32 bits per heavy atom. The summed E-state index contributed by atoms with van der Waals surface area (Å²) in [4.78, 5) is 6.82. The molecular weight excluding hydrogens is 238 g/mol. The molecule has 0 unspecified atom stereocenters. The average molecular weight is 269 g/mol. The molecule has 19 heavy (non-hydrogen) atoms. The van der Waals surface area contributed by atoms with Gasteiger partial charge in [0.25, 0.3) is 0 Å². The molecule has 112 valence electrons. The summed E-state index contributed by atoms with van der Waals surface area (Å²) in [7, 11) is 0. The number of piperidine rings is 1. The zero-order valence-corrected chi connectivity index (χ0v) is 12.9. The topological polar surface area (TPSA) is 61.9 Å². The Hall–Kier alpha value is -0.770. The molecule has 0 aliphatic carbocycles. The quantitative estimate of drug-likeness (QED) is 0.574. The Labute approximate surface area is 118 Å². The van der Waals surface area contributed by atoms with Crippen molar-refractivity contribution in [1.82, 2.24) is 4.90 Å². The minimum atomic E-state index is 0.114. The van der Waals surface area contributed by atoms with E-state index in [9.17, 15) is 5.11 Å². The van der Waals surface area contributed by atoms with E-state index < -0.39 is 0 Å². The van der Waals surface area contributed by atoms with Gasteiger partial charge >= 0.3 is 0 Å². The molecule has 0 aromatic carbocycles. The molecule has 1 saturated heterocycles. The second-order valence-corrected chi connectivity index (χ2v) is 6.02. The number of hydrogen-bond donors (Lipinski definition) is 2. The molecule has 0 aromatic rings. The van der Waals surface area contributed by atoms with Crippen molar-refractivity contribution in [2.75, 3.05) is 26.2 Å². The lowest BCUT2D eigenvalue weighted by atomic mass is 9.79. The van der Waals surface area contributed by atoms with E-state index in [1.807, 2.05) is 0 Å². The predicted molar refractivity (Wildman–Crippen MR) is 81.2 cm³/mol. The normalized spacial score (nSPS) is 18.9. The zero-order chi connectivity index (χ0) is 14.3. The van der Waals surface area contributed by atoms with Gasteiger partial charge in [-0.25, -0.2) is 0 Å². The van der Waals surface area contributed by atoms with E-state index in [1.54, 1.807) is 0 Å². The van der Waals surface area contributed by atoms with Crippen molar-refractivity contribution in [3.63, 3.8) is 0 Å². The fraction of sp³-hybridized carbons (Fsp3) is 0.933. The van der Waals surface area contributed by atoms with Crippen LogP contribution in [-0.2, 0) is 0 Å². The second-order valence-electron chi connectivity index (χ2n) is 6.02. The fourth-order valence-corrected chi connectivity index (χ4v) is 2.73. The van der Waals surface area contributed by atoms with Crippen molar-refractivity contribution >= 4 is 5.96 Å². The van der Waals surface area contributed by atoms with Gasteiger partial charge in [-0.05, 0) is 43.4 Å². The van der Waals surface area contributed by atoms with Gasteiger partial charge in [-0.2, -0.15) is 0 Å². The van der Waals surface area contributed by atoms with E-state index in [-0.39, 0.29) is 12.0 Å². The van der Waals surface area contributed by atoms with E-state index in [0.717, 1.165) is 44.8 Å². The number of aliphatic hydroxyl groups excluding tert-OH is 1. The maximum Gasteiger partial charge on any atom is 0.191 e. The summed E-state index contributed by atoms with van der Waals surface area (Å²) < 4.78 is 0. The van der Waals surface area contributed by atoms with E-state index in [4.69, 9.17) is 5.73 Å². The number of nitrogens with two attached hydrogens (primary N) is 1. The Morgan fingerprint density at radius 2 is 1.89 bits per heavy atom. The number of nitrogens with zero attached hydrogens (tertiary/aromatic N) is 2. The van der Waals surface area contributed by atoms with Crippen LogP contribution >= 0.6 is 0 Å². The minimum Gasteiger partial charge on any atom is -0.396 e. The summed E-state index contributed by atoms with van der Waals surface area (Å²) in [6.07, 6.45) is 5.31. The number of likely N-dealkylation sites (tertiary alicyclic amines) is 1. The SMILES string of the molecule is CCC(CC)(CCO)CN=C(N)N1CCC(C)CC1. The summed E-state index contributed by atoms with van der Waals surface area (Å²) in [5.41, 5.74) is 6.23. The van der Waals surface area contributed by atoms with Crippen LogP contribution in [0.2, 0.25) is 0 Å². The molecule has 0 atom stereocenters. The molecular formula is C15H31N3O. The molecule has 1 aliphatic heterocycles. The van der Waals surface area contributed by atoms with Gasteiger partial charge < -0.3 is 15.7 Å². The molecule has 0 radical (unpaired) electrons. The maximum atomic E-state index is 9.22. The molecule has 1 fully saturated rings. The number of aliphatic hydroxyl groups is 1. The van der Waals surface area contributed by atoms with E-state index in [0.29, 0.717) is 5.96 Å². The lowest BCUT2D eigenvalue weighted by Gasteiger charge is -2.33. The lowest BCUT2D eigenvalue weighted by Crippen LogP contribution is -2.43. The summed E-state index contributed by atoms with van der Waals surface area (Å²) in [5.74, 6) is 1.50. The van der Waals surface area contributed by atoms with Crippen molar-refractivity contribution in [3.05, 3.63) is 0 Å². The van der Waals surface area contributed by atoms with Crippen LogP contribution in [0.5, 0.6) is 0 Å². The van der Waals surface area contributed by atoms with Crippen LogP contribution in [0, 0.1) is 11.3 Å². The van der Waals surface area contributed by atoms with Crippen LogP contribution in [0.3, 0.4) is 0 Å². The first-order valence-corrected chi connectivity index (χ1v) is 7.72. The van der Waals surface area contributed by atoms with Crippen LogP contribution in [0.4, 0.5) is 0 Å². The van der Waals surface area contributed by atoms with Crippen LogP contribution < -0.4 is 5.73 Å². The number of guanidine groups is 1. The van der Waals surface area contributed by atoms with Gasteiger partial charge in [0, 0.05) is 26.2 Å². The van der Waals surface area contributed by atoms with Crippen molar-refractivity contribution < 1.29 is 5.11 Å². The third-order valence-electron chi connectivity index (χ3n) is 4.83. The van der Waals surface area contributed by atoms with Crippen LogP contribution in [0.25, 0.3) is 0 Å². The van der Waals surface area contributed by atoms with E-state index in [1.165, 1.54) is 12.8 Å². The van der Waals surface area contributed by atoms with Crippen LogP contribution in [0.15, 0.2) is 4.99 Å². The van der Waals surface area contributed by atoms with E-state index >= 15 is 0 Å². The van der Waals surface area contributed by atoms with Gasteiger partial charge in [0.1, 0.15) is 0 Å². The average Bonchev–Trinajstić information content (AvgIpc) is 2.44. The summed E-state index contributed by atoms with van der Waals surface area (Å²) in [5, 5.41) is 9.22. The largest absolute Gasteiger partial charge is 0.396 e. The van der Waals surface area contributed by atoms with Gasteiger partial charge in [0.05, 0.1) is 0 Å². The summed E-state index contributed by atoms with van der Waals surface area (Å²) >= 11 is 0. The standard InChI is InChI=1S/C15H31N3O/c1-4-15(5-2,8-11-19)12-17-14(16)18-9-6-13(3)7-10-18/h13,19H,4-12H2,1-3H3,(H2,16,17). The molecule has 0 bridgehead atoms. The van der Waals surface area contributed by atoms with Gasteiger partial charge in [0.2, 0.25) is 0 Å². The Bertz CT molecular complexity index is 279. The highest BCUT2D eigenvalue weighted by atomic mass is 16.3. The Kier molecular flexibility index (Phi) is 6.63. The van der Waals surface area contributed by atoms with Crippen molar-refractivity contribution in [3.8, 4) is 0 Å². The second kappa shape index (κ2) is 7.73. The van der Waals surface area contributed by atoms with Crippen LogP contribution in [0.1, 0.15) is 52.9 Å². The van der Waals surface area contributed by atoms with Crippen molar-refractivity contribution in [1.29, 1.82) is 0 Å². The summed E-state index contributed by atoms with van der Waals surface area (Å²) in [6.45, 7) is 9.67. The maximum absolute atomic E-state index is 9.22. The van der Waals surface area contributed by atoms with Crippen molar-refractivity contribution in [2.45, 2.75) is 52.9 Å². The molecule has 4 heteroatoms. The third-order valence-corrected chi connectivity index (χ3v) is 4.83. The highest BCUT2D eigenvalue weighted by molar-refractivity contribution is 5.78. The first-order chi connectivity index (χ1) is 9.06. The molecule has 1 aliphatic rings. The van der Waals surface area contributed by atoms with Crippen LogP contribution in [-0.4, -0.2) is 42.2 Å². The molecule has 1 rings (SSSR count). The highest BCUT2D eigenvalue weighted by Crippen LogP contribution is 2.30. The Morgan fingerprint density at radius 3 is 2.37 bits per heavy atom. The lowest BCUT2D eigenvalue weighted by molar-refractivity contribution is 0.174. The number of rotatable bonds is 6. The van der Waals surface area contributed by atoms with Gasteiger partial charge in [0.15, 0.2) is 5.96 Å². The first kappa shape index (κ1) is 16.3. The molecule has 0 saturated carbocycles. The highest BCUT2D eigenvalue weighted by Gasteiger charge is 2.26. The van der Waals surface area contributed by atoms with Gasteiger partial charge in [-0.1, -0.05) is 20.8 Å². The predicted octanol–water partition coefficient (Wildman–Crippen LogP) is 2.22. The third kappa shape index (κ3) is 4.68. The molecule has 0 amide bonds. The molecule has 3 N–H and O–H groups in total. The smallest absolute Gasteiger partial charge is 0.191 e.